The summed E-state index contributed by atoms with van der Waals surface area (Å²) in [6.45, 7) is 4.87. The zero-order valence-corrected chi connectivity index (χ0v) is 17.2. The molecule has 0 aliphatic carbocycles. The van der Waals surface area contributed by atoms with Crippen LogP contribution in [0.3, 0.4) is 0 Å². The number of amides is 3. The van der Waals surface area contributed by atoms with Gasteiger partial charge >= 0.3 is 6.03 Å². The van der Waals surface area contributed by atoms with Gasteiger partial charge in [-0.05, 0) is 51.0 Å². The molecule has 1 aromatic heterocycles. The Morgan fingerprint density at radius 1 is 1.31 bits per heavy atom. The number of rotatable bonds is 7. The van der Waals surface area contributed by atoms with Crippen LogP contribution in [0.25, 0.3) is 11.4 Å². The van der Waals surface area contributed by atoms with Crippen molar-refractivity contribution < 1.29 is 18.7 Å². The Kier molecular flexibility index (Phi) is 7.21. The summed E-state index contributed by atoms with van der Waals surface area (Å²) in [7, 11) is 0. The number of aromatic nitrogens is 3. The molecule has 8 nitrogen and oxygen atoms in total. The highest BCUT2D eigenvalue weighted by Gasteiger charge is 2.22. The van der Waals surface area contributed by atoms with Crippen LogP contribution in [0.15, 0.2) is 29.4 Å². The molecule has 3 amide bonds. The minimum Gasteiger partial charge on any atom is -0.376 e. The van der Waals surface area contributed by atoms with Gasteiger partial charge in [-0.1, -0.05) is 11.8 Å². The fourth-order valence-electron chi connectivity index (χ4n) is 2.96. The van der Waals surface area contributed by atoms with Crippen molar-refractivity contribution in [1.82, 2.24) is 25.4 Å². The van der Waals surface area contributed by atoms with Gasteiger partial charge in [0.25, 0.3) is 0 Å². The number of hydrogen-bond donors (Lipinski definition) is 2. The van der Waals surface area contributed by atoms with E-state index in [1.54, 1.807) is 12.1 Å². The average molecular weight is 421 g/mol. The number of hydrogen-bond acceptors (Lipinski definition) is 6. The number of imide groups is 1. The van der Waals surface area contributed by atoms with Crippen molar-refractivity contribution in [2.24, 2.45) is 0 Å². The van der Waals surface area contributed by atoms with Crippen molar-refractivity contribution in [3.63, 3.8) is 0 Å². The van der Waals surface area contributed by atoms with Crippen molar-refractivity contribution in [2.75, 3.05) is 12.4 Å². The first kappa shape index (κ1) is 21.3. The average Bonchev–Trinajstić information content (AvgIpc) is 3.30. The van der Waals surface area contributed by atoms with Crippen LogP contribution in [0.1, 0.15) is 26.7 Å². The first-order chi connectivity index (χ1) is 13.9. The lowest BCUT2D eigenvalue weighted by atomic mass is 10.2. The number of nitrogens with one attached hydrogen (secondary N) is 2. The molecule has 10 heteroatoms. The predicted octanol–water partition coefficient (Wildman–Crippen LogP) is 2.59. The third-order valence-electron chi connectivity index (χ3n) is 4.23. The standard InChI is InChI=1S/C19H24FN5O3S/c1-12(2)21-18(27)22-16(26)11-29-19-24-23-17(13-5-7-14(20)8-6-13)25(19)10-15-4-3-9-28-15/h5-8,12,15H,3-4,9-11H2,1-2H3,(H2,21,22,26,27)/t15-/m1/s1. The van der Waals surface area contributed by atoms with Gasteiger partial charge in [-0.3, -0.25) is 14.7 Å². The highest BCUT2D eigenvalue weighted by Crippen LogP contribution is 2.26. The van der Waals surface area contributed by atoms with E-state index in [-0.39, 0.29) is 23.7 Å². The molecule has 1 aromatic carbocycles. The molecule has 0 radical (unpaired) electrons. The maximum Gasteiger partial charge on any atom is 0.321 e. The highest BCUT2D eigenvalue weighted by molar-refractivity contribution is 7.99. The quantitative estimate of drug-likeness (QED) is 0.667. The summed E-state index contributed by atoms with van der Waals surface area (Å²) in [5, 5.41) is 13.9. The van der Waals surface area contributed by atoms with Crippen molar-refractivity contribution in [3.05, 3.63) is 30.1 Å². The molecule has 1 aliphatic heterocycles. The predicted molar refractivity (Wildman–Crippen MR) is 107 cm³/mol. The first-order valence-corrected chi connectivity index (χ1v) is 10.4. The van der Waals surface area contributed by atoms with E-state index in [9.17, 15) is 14.0 Å². The van der Waals surface area contributed by atoms with Crippen LogP contribution in [0, 0.1) is 5.82 Å². The molecule has 156 valence electrons. The lowest BCUT2D eigenvalue weighted by Crippen LogP contribution is -2.43. The maximum atomic E-state index is 13.3. The molecule has 1 atom stereocenters. The maximum absolute atomic E-state index is 13.3. The molecule has 0 unspecified atom stereocenters. The minimum absolute atomic E-state index is 0.0125. The zero-order valence-electron chi connectivity index (χ0n) is 16.4. The van der Waals surface area contributed by atoms with Gasteiger partial charge in [0.1, 0.15) is 5.82 Å². The smallest absolute Gasteiger partial charge is 0.321 e. The summed E-state index contributed by atoms with van der Waals surface area (Å²) in [5.74, 6) is -0.160. The number of halogens is 1. The number of benzene rings is 1. The van der Waals surface area contributed by atoms with Crippen LogP contribution in [-0.2, 0) is 16.1 Å². The van der Waals surface area contributed by atoms with Crippen molar-refractivity contribution in [1.29, 1.82) is 0 Å². The van der Waals surface area contributed by atoms with Gasteiger partial charge in [0.2, 0.25) is 5.91 Å². The van der Waals surface area contributed by atoms with Gasteiger partial charge < -0.3 is 10.1 Å². The summed E-state index contributed by atoms with van der Waals surface area (Å²) in [6, 6.07) is 5.43. The van der Waals surface area contributed by atoms with Crippen molar-refractivity contribution >= 4 is 23.7 Å². The van der Waals surface area contributed by atoms with Gasteiger partial charge in [-0.25, -0.2) is 9.18 Å². The molecule has 29 heavy (non-hydrogen) atoms. The monoisotopic (exact) mass is 421 g/mol. The fraction of sp³-hybridized carbons (Fsp3) is 0.474. The largest absolute Gasteiger partial charge is 0.376 e. The molecular formula is C19H24FN5O3S. The zero-order chi connectivity index (χ0) is 20.8. The molecule has 1 fully saturated rings. The molecule has 3 rings (SSSR count). The second kappa shape index (κ2) is 9.84. The lowest BCUT2D eigenvalue weighted by Gasteiger charge is -2.15. The Morgan fingerprint density at radius 3 is 2.72 bits per heavy atom. The Hall–Kier alpha value is -2.46. The summed E-state index contributed by atoms with van der Waals surface area (Å²) in [5.41, 5.74) is 0.726. The van der Waals surface area contributed by atoms with Crippen LogP contribution in [0.2, 0.25) is 0 Å². The first-order valence-electron chi connectivity index (χ1n) is 9.46. The Bertz CT molecular complexity index is 850. The second-order valence-corrected chi connectivity index (χ2v) is 7.97. The van der Waals surface area contributed by atoms with E-state index >= 15 is 0 Å². The fourth-order valence-corrected chi connectivity index (χ4v) is 3.70. The SMILES string of the molecule is CC(C)NC(=O)NC(=O)CSc1nnc(-c2ccc(F)cc2)n1C[C@H]1CCCO1. The lowest BCUT2D eigenvalue weighted by molar-refractivity contribution is -0.117. The Morgan fingerprint density at radius 2 is 2.07 bits per heavy atom. The van der Waals surface area contributed by atoms with Crippen molar-refractivity contribution in [2.45, 2.75) is 50.5 Å². The number of carbonyl (C=O) groups excluding carboxylic acids is 2. The molecule has 0 bridgehead atoms. The van der Waals surface area contributed by atoms with Gasteiger partial charge in [0.05, 0.1) is 18.4 Å². The van der Waals surface area contributed by atoms with Gasteiger partial charge in [-0.2, -0.15) is 0 Å². The molecule has 1 saturated heterocycles. The summed E-state index contributed by atoms with van der Waals surface area (Å²) < 4.78 is 20.9. The number of urea groups is 1. The molecule has 0 spiro atoms. The van der Waals surface area contributed by atoms with Gasteiger partial charge in [0, 0.05) is 18.2 Å². The molecule has 0 saturated carbocycles. The minimum atomic E-state index is -0.529. The summed E-state index contributed by atoms with van der Waals surface area (Å²) in [4.78, 5) is 23.7. The van der Waals surface area contributed by atoms with Gasteiger partial charge in [0.15, 0.2) is 11.0 Å². The van der Waals surface area contributed by atoms with E-state index in [4.69, 9.17) is 4.74 Å². The Balaban J connectivity index is 1.72. The van der Waals surface area contributed by atoms with E-state index in [0.29, 0.717) is 24.1 Å². The van der Waals surface area contributed by atoms with E-state index in [1.165, 1.54) is 23.9 Å². The number of thioether (sulfide) groups is 1. The van der Waals surface area contributed by atoms with Gasteiger partial charge in [-0.15, -0.1) is 10.2 Å². The third kappa shape index (κ3) is 6.01. The van der Waals surface area contributed by atoms with Crippen LogP contribution in [0.4, 0.5) is 9.18 Å². The molecule has 2 N–H and O–H groups in total. The Labute approximate surface area is 172 Å². The summed E-state index contributed by atoms with van der Waals surface area (Å²) >= 11 is 1.19. The van der Waals surface area contributed by atoms with Crippen LogP contribution < -0.4 is 10.6 Å². The topological polar surface area (TPSA) is 98.1 Å². The highest BCUT2D eigenvalue weighted by atomic mass is 32.2. The van der Waals surface area contributed by atoms with Crippen LogP contribution >= 0.6 is 11.8 Å². The number of nitrogens with zero attached hydrogens (tertiary/aromatic N) is 3. The summed E-state index contributed by atoms with van der Waals surface area (Å²) in [6.07, 6.45) is 1.96. The normalized spacial score (nSPS) is 16.2. The number of ether oxygens (including phenoxy) is 1. The van der Waals surface area contributed by atoms with Crippen LogP contribution in [-0.4, -0.2) is 51.2 Å². The molecular weight excluding hydrogens is 397 g/mol. The number of carbonyl (C=O) groups is 2. The van der Waals surface area contributed by atoms with E-state index in [1.807, 2.05) is 18.4 Å². The van der Waals surface area contributed by atoms with E-state index < -0.39 is 11.9 Å². The third-order valence-corrected chi connectivity index (χ3v) is 5.20. The molecule has 1 aliphatic rings. The van der Waals surface area contributed by atoms with Crippen molar-refractivity contribution in [3.8, 4) is 11.4 Å². The van der Waals surface area contributed by atoms with Crippen LogP contribution in [0.5, 0.6) is 0 Å². The second-order valence-electron chi connectivity index (χ2n) is 7.02. The molecule has 2 aromatic rings. The van der Waals surface area contributed by atoms with E-state index in [0.717, 1.165) is 18.4 Å². The molecule has 2 heterocycles. The van der Waals surface area contributed by atoms with E-state index in [2.05, 4.69) is 20.8 Å².